The fourth-order valence-corrected chi connectivity index (χ4v) is 3.14. The van der Waals surface area contributed by atoms with Gasteiger partial charge in [-0.25, -0.2) is 0 Å². The summed E-state index contributed by atoms with van der Waals surface area (Å²) in [5, 5.41) is 2.82. The number of methoxy groups -OCH3 is 1. The summed E-state index contributed by atoms with van der Waals surface area (Å²) >= 11 is 0. The molecule has 0 heterocycles. The van der Waals surface area contributed by atoms with E-state index in [0.717, 1.165) is 30.0 Å². The zero-order valence-electron chi connectivity index (χ0n) is 17.3. The van der Waals surface area contributed by atoms with Crippen molar-refractivity contribution < 1.29 is 14.3 Å². The number of carbonyl (C=O) groups excluding carboxylic acids is 2. The van der Waals surface area contributed by atoms with Gasteiger partial charge in [0, 0.05) is 43.1 Å². The van der Waals surface area contributed by atoms with E-state index >= 15 is 0 Å². The lowest BCUT2D eigenvalue weighted by atomic mass is 10.1. The number of nitrogens with zero attached hydrogens (tertiary/aromatic N) is 2. The Kier molecular flexibility index (Phi) is 7.44. The van der Waals surface area contributed by atoms with Gasteiger partial charge in [-0.3, -0.25) is 9.59 Å². The van der Waals surface area contributed by atoms with Gasteiger partial charge in [0.2, 0.25) is 11.8 Å². The molecule has 0 aliphatic heterocycles. The molecule has 0 unspecified atom stereocenters. The largest absolute Gasteiger partial charge is 0.497 e. The molecule has 6 nitrogen and oxygen atoms in total. The summed E-state index contributed by atoms with van der Waals surface area (Å²) < 4.78 is 5.17. The predicted octanol–water partition coefficient (Wildman–Crippen LogP) is 3.84. The minimum absolute atomic E-state index is 0.0575. The SMILES string of the molecule is CCN(CC)c1ccc(N(CC(=O)Nc2cccc(OC)c2)C(C)=O)c(C)c1. The molecular formula is C22H29N3O3. The first-order valence-electron chi connectivity index (χ1n) is 9.47. The van der Waals surface area contributed by atoms with E-state index in [0.29, 0.717) is 11.4 Å². The van der Waals surface area contributed by atoms with Crippen LogP contribution in [0.2, 0.25) is 0 Å². The molecular weight excluding hydrogens is 354 g/mol. The average Bonchev–Trinajstić information content (AvgIpc) is 2.67. The summed E-state index contributed by atoms with van der Waals surface area (Å²) in [4.78, 5) is 28.5. The van der Waals surface area contributed by atoms with Crippen molar-refractivity contribution in [1.29, 1.82) is 0 Å². The van der Waals surface area contributed by atoms with Crippen molar-refractivity contribution >= 4 is 28.9 Å². The molecule has 150 valence electrons. The molecule has 1 N–H and O–H groups in total. The quantitative estimate of drug-likeness (QED) is 0.752. The number of aryl methyl sites for hydroxylation is 1. The fraction of sp³-hybridized carbons (Fsp3) is 0.364. The molecule has 0 radical (unpaired) electrons. The van der Waals surface area contributed by atoms with Crippen LogP contribution in [0, 0.1) is 6.92 Å². The summed E-state index contributed by atoms with van der Waals surface area (Å²) in [7, 11) is 1.57. The molecule has 0 saturated carbocycles. The van der Waals surface area contributed by atoms with Crippen molar-refractivity contribution in [3.8, 4) is 5.75 Å². The number of hydrogen-bond donors (Lipinski definition) is 1. The number of ether oxygens (including phenoxy) is 1. The summed E-state index contributed by atoms with van der Waals surface area (Å²) in [6, 6.07) is 13.1. The van der Waals surface area contributed by atoms with Gasteiger partial charge in [-0.15, -0.1) is 0 Å². The first kappa shape index (κ1) is 21.3. The standard InChI is InChI=1S/C22H29N3O3/c1-6-24(7-2)19-11-12-21(16(3)13-19)25(17(4)26)15-22(27)23-18-9-8-10-20(14-18)28-5/h8-14H,6-7,15H2,1-5H3,(H,23,27). The molecule has 2 aromatic carbocycles. The zero-order chi connectivity index (χ0) is 20.7. The van der Waals surface area contributed by atoms with Crippen LogP contribution in [0.15, 0.2) is 42.5 Å². The second-order valence-corrected chi connectivity index (χ2v) is 6.53. The third-order valence-electron chi connectivity index (χ3n) is 4.64. The second kappa shape index (κ2) is 9.78. The third-order valence-corrected chi connectivity index (χ3v) is 4.64. The molecule has 0 fully saturated rings. The van der Waals surface area contributed by atoms with Crippen LogP contribution in [0.1, 0.15) is 26.3 Å². The molecule has 2 rings (SSSR count). The Morgan fingerprint density at radius 2 is 1.79 bits per heavy atom. The molecule has 0 atom stereocenters. The van der Waals surface area contributed by atoms with Crippen LogP contribution in [0.25, 0.3) is 0 Å². The minimum Gasteiger partial charge on any atom is -0.497 e. The Labute approximate surface area is 167 Å². The zero-order valence-corrected chi connectivity index (χ0v) is 17.3. The van der Waals surface area contributed by atoms with E-state index in [4.69, 9.17) is 4.74 Å². The van der Waals surface area contributed by atoms with Crippen molar-refractivity contribution in [2.45, 2.75) is 27.7 Å². The molecule has 2 amide bonds. The molecule has 2 aromatic rings. The maximum absolute atomic E-state index is 12.5. The highest BCUT2D eigenvalue weighted by molar-refractivity contribution is 6.02. The van der Waals surface area contributed by atoms with Gasteiger partial charge >= 0.3 is 0 Å². The number of rotatable bonds is 8. The highest BCUT2D eigenvalue weighted by Crippen LogP contribution is 2.26. The topological polar surface area (TPSA) is 61.9 Å². The Bertz CT molecular complexity index is 832. The number of amides is 2. The van der Waals surface area contributed by atoms with Gasteiger partial charge in [0.25, 0.3) is 0 Å². The predicted molar refractivity (Wildman–Crippen MR) is 114 cm³/mol. The number of benzene rings is 2. The smallest absolute Gasteiger partial charge is 0.244 e. The van der Waals surface area contributed by atoms with Gasteiger partial charge in [-0.1, -0.05) is 6.07 Å². The Balaban J connectivity index is 2.18. The first-order valence-corrected chi connectivity index (χ1v) is 9.47. The van der Waals surface area contributed by atoms with Gasteiger partial charge in [-0.05, 0) is 56.7 Å². The van der Waals surface area contributed by atoms with Crippen LogP contribution in [0.5, 0.6) is 5.75 Å². The maximum Gasteiger partial charge on any atom is 0.244 e. The number of carbonyl (C=O) groups is 2. The molecule has 0 bridgehead atoms. The van der Waals surface area contributed by atoms with E-state index in [1.807, 2.05) is 19.1 Å². The number of anilines is 3. The van der Waals surface area contributed by atoms with Gasteiger partial charge < -0.3 is 19.9 Å². The van der Waals surface area contributed by atoms with Crippen LogP contribution in [-0.2, 0) is 9.59 Å². The van der Waals surface area contributed by atoms with Crippen molar-refractivity contribution in [2.75, 3.05) is 41.9 Å². The monoisotopic (exact) mass is 383 g/mol. The van der Waals surface area contributed by atoms with Crippen LogP contribution in [0.4, 0.5) is 17.1 Å². The van der Waals surface area contributed by atoms with Crippen LogP contribution in [-0.4, -0.2) is 38.6 Å². The van der Waals surface area contributed by atoms with E-state index in [2.05, 4.69) is 30.1 Å². The molecule has 0 spiro atoms. The Morgan fingerprint density at radius 1 is 1.07 bits per heavy atom. The van der Waals surface area contributed by atoms with Crippen LogP contribution < -0.4 is 19.9 Å². The van der Waals surface area contributed by atoms with Crippen molar-refractivity contribution in [3.05, 3.63) is 48.0 Å². The Morgan fingerprint density at radius 3 is 2.36 bits per heavy atom. The van der Waals surface area contributed by atoms with Crippen LogP contribution in [0.3, 0.4) is 0 Å². The Hall–Kier alpha value is -3.02. The summed E-state index contributed by atoms with van der Waals surface area (Å²) in [5.74, 6) is 0.208. The van der Waals surface area contributed by atoms with Crippen LogP contribution >= 0.6 is 0 Å². The highest BCUT2D eigenvalue weighted by Gasteiger charge is 2.18. The number of hydrogen-bond acceptors (Lipinski definition) is 4. The number of nitrogens with one attached hydrogen (secondary N) is 1. The van der Waals surface area contributed by atoms with E-state index in [1.165, 1.54) is 11.8 Å². The van der Waals surface area contributed by atoms with Crippen molar-refractivity contribution in [1.82, 2.24) is 0 Å². The normalized spacial score (nSPS) is 10.3. The maximum atomic E-state index is 12.5. The molecule has 0 aromatic heterocycles. The molecule has 0 aliphatic rings. The van der Waals surface area contributed by atoms with E-state index in [9.17, 15) is 9.59 Å². The first-order chi connectivity index (χ1) is 13.4. The lowest BCUT2D eigenvalue weighted by molar-refractivity contribution is -0.120. The summed E-state index contributed by atoms with van der Waals surface area (Å²) in [5.41, 5.74) is 3.43. The molecule has 6 heteroatoms. The van der Waals surface area contributed by atoms with Gasteiger partial charge in [0.15, 0.2) is 0 Å². The molecule has 0 aliphatic carbocycles. The van der Waals surface area contributed by atoms with Crippen molar-refractivity contribution in [3.63, 3.8) is 0 Å². The van der Waals surface area contributed by atoms with E-state index in [1.54, 1.807) is 31.4 Å². The second-order valence-electron chi connectivity index (χ2n) is 6.53. The van der Waals surface area contributed by atoms with E-state index in [-0.39, 0.29) is 18.4 Å². The molecule has 28 heavy (non-hydrogen) atoms. The van der Waals surface area contributed by atoms with Gasteiger partial charge in [0.05, 0.1) is 7.11 Å². The van der Waals surface area contributed by atoms with E-state index < -0.39 is 0 Å². The molecule has 0 saturated heterocycles. The highest BCUT2D eigenvalue weighted by atomic mass is 16.5. The lowest BCUT2D eigenvalue weighted by Gasteiger charge is -2.26. The van der Waals surface area contributed by atoms with Gasteiger partial charge in [0.1, 0.15) is 12.3 Å². The lowest BCUT2D eigenvalue weighted by Crippen LogP contribution is -2.37. The summed E-state index contributed by atoms with van der Waals surface area (Å²) in [6.07, 6.45) is 0. The van der Waals surface area contributed by atoms with Crippen molar-refractivity contribution in [2.24, 2.45) is 0 Å². The average molecular weight is 383 g/mol. The third kappa shape index (κ3) is 5.25. The fourth-order valence-electron chi connectivity index (χ4n) is 3.14. The van der Waals surface area contributed by atoms with Gasteiger partial charge in [-0.2, -0.15) is 0 Å². The summed E-state index contributed by atoms with van der Waals surface area (Å²) in [6.45, 7) is 9.41. The minimum atomic E-state index is -0.268.